The number of carbonyl (C=O) groups excluding carboxylic acids is 1. The van der Waals surface area contributed by atoms with Crippen LogP contribution in [-0.4, -0.2) is 6.29 Å². The van der Waals surface area contributed by atoms with Crippen molar-refractivity contribution in [2.75, 3.05) is 0 Å². The summed E-state index contributed by atoms with van der Waals surface area (Å²) in [5.74, 6) is -1.41. The van der Waals surface area contributed by atoms with Gasteiger partial charge in [-0.3, -0.25) is 4.79 Å². The van der Waals surface area contributed by atoms with E-state index in [2.05, 4.69) is 15.9 Å². The molecule has 0 amide bonds. The normalized spacial score (nSPS) is 10.4. The van der Waals surface area contributed by atoms with Crippen molar-refractivity contribution in [3.8, 4) is 11.1 Å². The smallest absolute Gasteiger partial charge is 0.151 e. The minimum absolute atomic E-state index is 0.154. The lowest BCUT2D eigenvalue weighted by Gasteiger charge is -2.08. The van der Waals surface area contributed by atoms with Gasteiger partial charge in [0.15, 0.2) is 6.29 Å². The minimum atomic E-state index is -0.714. The van der Waals surface area contributed by atoms with E-state index in [4.69, 9.17) is 11.6 Å². The van der Waals surface area contributed by atoms with Gasteiger partial charge in [0, 0.05) is 5.56 Å². The number of benzene rings is 2. The van der Waals surface area contributed by atoms with Crippen LogP contribution >= 0.6 is 27.5 Å². The molecule has 0 saturated heterocycles. The Balaban J connectivity index is 2.69. The highest BCUT2D eigenvalue weighted by Crippen LogP contribution is 2.32. The predicted octanol–water partition coefficient (Wildman–Crippen LogP) is 4.86. The SMILES string of the molecule is O=Cc1cc(-c2c(F)ccc(Br)c2F)ccc1Cl. The van der Waals surface area contributed by atoms with Crippen molar-refractivity contribution in [3.05, 3.63) is 57.0 Å². The van der Waals surface area contributed by atoms with Crippen LogP contribution in [0, 0.1) is 11.6 Å². The van der Waals surface area contributed by atoms with E-state index in [0.717, 1.165) is 6.07 Å². The standard InChI is InChI=1S/C13H6BrClF2O/c14-9-2-4-11(16)12(13(9)17)7-1-3-10(15)8(5-7)6-18/h1-6H. The molecule has 0 radical (unpaired) electrons. The number of rotatable bonds is 2. The molecule has 0 N–H and O–H groups in total. The second kappa shape index (κ2) is 5.16. The lowest BCUT2D eigenvalue weighted by atomic mass is 10.0. The van der Waals surface area contributed by atoms with Crippen LogP contribution in [0.15, 0.2) is 34.8 Å². The molecule has 0 fully saturated rings. The van der Waals surface area contributed by atoms with E-state index < -0.39 is 11.6 Å². The third kappa shape index (κ3) is 2.31. The first-order valence-corrected chi connectivity index (χ1v) is 6.10. The van der Waals surface area contributed by atoms with Gasteiger partial charge in [-0.2, -0.15) is 0 Å². The summed E-state index contributed by atoms with van der Waals surface area (Å²) in [5.41, 5.74) is 0.259. The molecule has 0 spiro atoms. The van der Waals surface area contributed by atoms with Gasteiger partial charge in [0.1, 0.15) is 11.6 Å². The predicted molar refractivity (Wildman–Crippen MR) is 69.9 cm³/mol. The van der Waals surface area contributed by atoms with Gasteiger partial charge in [-0.05, 0) is 45.8 Å². The van der Waals surface area contributed by atoms with Crippen molar-refractivity contribution in [3.63, 3.8) is 0 Å². The van der Waals surface area contributed by atoms with E-state index >= 15 is 0 Å². The van der Waals surface area contributed by atoms with Gasteiger partial charge in [0.2, 0.25) is 0 Å². The first-order valence-electron chi connectivity index (χ1n) is 4.93. The van der Waals surface area contributed by atoms with Crippen molar-refractivity contribution < 1.29 is 13.6 Å². The Labute approximate surface area is 116 Å². The third-order valence-corrected chi connectivity index (χ3v) is 3.41. The Morgan fingerprint density at radius 1 is 1.17 bits per heavy atom. The van der Waals surface area contributed by atoms with Crippen LogP contribution in [0.5, 0.6) is 0 Å². The molecule has 0 aliphatic heterocycles. The molecule has 0 aliphatic rings. The number of hydrogen-bond donors (Lipinski definition) is 0. The molecule has 2 aromatic carbocycles. The second-order valence-corrected chi connectivity index (χ2v) is 4.83. The van der Waals surface area contributed by atoms with Crippen molar-refractivity contribution in [2.45, 2.75) is 0 Å². The van der Waals surface area contributed by atoms with Gasteiger partial charge in [0.05, 0.1) is 15.1 Å². The van der Waals surface area contributed by atoms with Crippen molar-refractivity contribution in [1.82, 2.24) is 0 Å². The molecule has 92 valence electrons. The zero-order valence-electron chi connectivity index (χ0n) is 8.88. The summed E-state index contributed by atoms with van der Waals surface area (Å²) in [6.45, 7) is 0. The molecule has 5 heteroatoms. The highest BCUT2D eigenvalue weighted by atomic mass is 79.9. The second-order valence-electron chi connectivity index (χ2n) is 3.57. The number of halogens is 4. The summed E-state index contributed by atoms with van der Waals surface area (Å²) in [7, 11) is 0. The lowest BCUT2D eigenvalue weighted by molar-refractivity contribution is 0.112. The summed E-state index contributed by atoms with van der Waals surface area (Å²) in [6, 6.07) is 6.68. The molecular formula is C13H6BrClF2O. The maximum Gasteiger partial charge on any atom is 0.151 e. The van der Waals surface area contributed by atoms with Gasteiger partial charge < -0.3 is 0 Å². The van der Waals surface area contributed by atoms with Crippen LogP contribution in [0.4, 0.5) is 8.78 Å². The largest absolute Gasteiger partial charge is 0.298 e. The quantitative estimate of drug-likeness (QED) is 0.567. The van der Waals surface area contributed by atoms with Crippen LogP contribution in [0.3, 0.4) is 0 Å². The highest BCUT2D eigenvalue weighted by molar-refractivity contribution is 9.10. The van der Waals surface area contributed by atoms with E-state index in [1.807, 2.05) is 0 Å². The Hall–Kier alpha value is -1.26. The first kappa shape index (κ1) is 13.2. The van der Waals surface area contributed by atoms with Gasteiger partial charge >= 0.3 is 0 Å². The molecule has 0 heterocycles. The Kier molecular flexibility index (Phi) is 3.78. The van der Waals surface area contributed by atoms with E-state index in [0.29, 0.717) is 6.29 Å². The summed E-state index contributed by atoms with van der Waals surface area (Å²) in [4.78, 5) is 10.8. The maximum atomic E-state index is 13.9. The van der Waals surface area contributed by atoms with Gasteiger partial charge in [0.25, 0.3) is 0 Å². The Morgan fingerprint density at radius 2 is 1.89 bits per heavy atom. The molecule has 0 aliphatic carbocycles. The molecule has 0 saturated carbocycles. The van der Waals surface area contributed by atoms with E-state index in [1.165, 1.54) is 24.3 Å². The molecule has 1 nitrogen and oxygen atoms in total. The fraction of sp³-hybridized carbons (Fsp3) is 0. The topological polar surface area (TPSA) is 17.1 Å². The van der Waals surface area contributed by atoms with Gasteiger partial charge in [-0.1, -0.05) is 17.7 Å². The zero-order chi connectivity index (χ0) is 13.3. The molecule has 0 unspecified atom stereocenters. The molecule has 2 aromatic rings. The van der Waals surface area contributed by atoms with Crippen LogP contribution in [-0.2, 0) is 0 Å². The minimum Gasteiger partial charge on any atom is -0.298 e. The van der Waals surface area contributed by atoms with Crippen LogP contribution in [0.25, 0.3) is 11.1 Å². The Bertz CT molecular complexity index is 629. The van der Waals surface area contributed by atoms with Crippen LogP contribution in [0.2, 0.25) is 5.02 Å². The number of hydrogen-bond acceptors (Lipinski definition) is 1. The van der Waals surface area contributed by atoms with Crippen LogP contribution in [0.1, 0.15) is 10.4 Å². The molecule has 0 bridgehead atoms. The lowest BCUT2D eigenvalue weighted by Crippen LogP contribution is -1.93. The molecule has 0 atom stereocenters. The first-order chi connectivity index (χ1) is 8.54. The third-order valence-electron chi connectivity index (χ3n) is 2.46. The van der Waals surface area contributed by atoms with Crippen molar-refractivity contribution in [1.29, 1.82) is 0 Å². The van der Waals surface area contributed by atoms with E-state index in [-0.39, 0.29) is 26.2 Å². The van der Waals surface area contributed by atoms with Crippen molar-refractivity contribution >= 4 is 33.8 Å². The van der Waals surface area contributed by atoms with Gasteiger partial charge in [-0.15, -0.1) is 0 Å². The van der Waals surface area contributed by atoms with E-state index in [9.17, 15) is 13.6 Å². The fourth-order valence-corrected chi connectivity index (χ4v) is 2.07. The van der Waals surface area contributed by atoms with Gasteiger partial charge in [-0.25, -0.2) is 8.78 Å². The summed E-state index contributed by atoms with van der Waals surface area (Å²) in [6.07, 6.45) is 0.541. The Morgan fingerprint density at radius 3 is 2.56 bits per heavy atom. The highest BCUT2D eigenvalue weighted by Gasteiger charge is 2.15. The number of carbonyl (C=O) groups is 1. The average Bonchev–Trinajstić information content (AvgIpc) is 2.36. The molecule has 0 aromatic heterocycles. The summed E-state index contributed by atoms with van der Waals surface area (Å²) in [5, 5.41) is 0.240. The van der Waals surface area contributed by atoms with E-state index in [1.54, 1.807) is 0 Å². The summed E-state index contributed by atoms with van der Waals surface area (Å²) >= 11 is 8.76. The summed E-state index contributed by atoms with van der Waals surface area (Å²) < 4.78 is 27.7. The monoisotopic (exact) mass is 330 g/mol. The fourth-order valence-electron chi connectivity index (χ4n) is 1.58. The number of aldehydes is 1. The molecular weight excluding hydrogens is 325 g/mol. The zero-order valence-corrected chi connectivity index (χ0v) is 11.2. The van der Waals surface area contributed by atoms with Crippen LogP contribution < -0.4 is 0 Å². The molecule has 2 rings (SSSR count). The van der Waals surface area contributed by atoms with Crippen molar-refractivity contribution in [2.24, 2.45) is 0 Å². The average molecular weight is 332 g/mol. The maximum absolute atomic E-state index is 13.9. The molecule has 18 heavy (non-hydrogen) atoms.